The first-order valence-corrected chi connectivity index (χ1v) is 9.53. The normalized spacial score (nSPS) is 18.1. The highest BCUT2D eigenvalue weighted by Gasteiger charge is 2.51. The molecule has 0 radical (unpaired) electrons. The van der Waals surface area contributed by atoms with Crippen molar-refractivity contribution in [2.75, 3.05) is 4.90 Å². The molecule has 3 N–H and O–H groups in total. The number of anilines is 2. The molecule has 7 heteroatoms. The lowest BCUT2D eigenvalue weighted by molar-refractivity contribution is -0.121. The van der Waals surface area contributed by atoms with Crippen LogP contribution in [0, 0.1) is 6.92 Å². The summed E-state index contributed by atoms with van der Waals surface area (Å²) in [6.07, 6.45) is 0. The van der Waals surface area contributed by atoms with Crippen molar-refractivity contribution in [2.24, 2.45) is 5.73 Å². The van der Waals surface area contributed by atoms with E-state index in [1.807, 2.05) is 0 Å². The molecule has 3 aromatic carbocycles. The lowest BCUT2D eigenvalue weighted by atomic mass is 9.85. The molecule has 1 amide bonds. The van der Waals surface area contributed by atoms with E-state index in [1.165, 1.54) is 11.0 Å². The number of nitrogens with two attached hydrogens (primary N) is 1. The molecular formula is C22H16Cl2N2O3. The largest absolute Gasteiger partial charge is 0.478 e. The molecule has 146 valence electrons. The number of rotatable bonds is 3. The predicted molar refractivity (Wildman–Crippen MR) is 113 cm³/mol. The zero-order chi connectivity index (χ0) is 20.9. The van der Waals surface area contributed by atoms with Crippen LogP contribution in [0.2, 0.25) is 10.0 Å². The fraction of sp³-hybridized carbons (Fsp3) is 0.0909. The van der Waals surface area contributed by atoms with Crippen LogP contribution >= 0.6 is 23.2 Å². The molecule has 1 atom stereocenters. The van der Waals surface area contributed by atoms with E-state index in [4.69, 9.17) is 28.9 Å². The van der Waals surface area contributed by atoms with E-state index < -0.39 is 17.4 Å². The maximum Gasteiger partial charge on any atom is 0.336 e. The first kappa shape index (κ1) is 19.5. The van der Waals surface area contributed by atoms with Gasteiger partial charge in [0.25, 0.3) is 5.91 Å². The van der Waals surface area contributed by atoms with E-state index in [2.05, 4.69) is 0 Å². The van der Waals surface area contributed by atoms with Crippen LogP contribution in [0.1, 0.15) is 27.0 Å². The SMILES string of the molecule is Cc1c(C(=O)O)cccc1N1C(=O)C(N)(c2ccccc2Cl)c2cc(Cl)ccc21. The Kier molecular flexibility index (Phi) is 4.62. The number of carbonyl (C=O) groups is 2. The third kappa shape index (κ3) is 2.82. The number of hydrogen-bond acceptors (Lipinski definition) is 3. The molecule has 1 heterocycles. The third-order valence-corrected chi connectivity index (χ3v) is 5.80. The minimum atomic E-state index is -1.57. The summed E-state index contributed by atoms with van der Waals surface area (Å²) in [5.41, 5.74) is 7.66. The Balaban J connectivity index is 2.01. The van der Waals surface area contributed by atoms with Gasteiger partial charge in [-0.25, -0.2) is 4.79 Å². The van der Waals surface area contributed by atoms with Crippen LogP contribution in [-0.2, 0) is 10.3 Å². The number of carboxylic acids is 1. The number of halogens is 2. The van der Waals surface area contributed by atoms with E-state index in [9.17, 15) is 14.7 Å². The maximum atomic E-state index is 13.7. The molecule has 4 rings (SSSR count). The van der Waals surface area contributed by atoms with Crippen LogP contribution in [-0.4, -0.2) is 17.0 Å². The van der Waals surface area contributed by atoms with E-state index in [0.717, 1.165) is 0 Å². The Labute approximate surface area is 177 Å². The monoisotopic (exact) mass is 426 g/mol. The molecule has 5 nitrogen and oxygen atoms in total. The summed E-state index contributed by atoms with van der Waals surface area (Å²) in [7, 11) is 0. The highest BCUT2D eigenvalue weighted by Crippen LogP contribution is 2.49. The fourth-order valence-corrected chi connectivity index (χ4v) is 4.25. The zero-order valence-electron chi connectivity index (χ0n) is 15.3. The first-order chi connectivity index (χ1) is 13.8. The minimum Gasteiger partial charge on any atom is -0.478 e. The molecule has 1 aliphatic rings. The van der Waals surface area contributed by atoms with E-state index in [0.29, 0.717) is 38.1 Å². The Bertz CT molecular complexity index is 1180. The molecule has 1 unspecified atom stereocenters. The standard InChI is InChI=1S/C22H16Cl2N2O3/c1-12-14(20(27)28)5-4-8-18(12)26-19-10-9-13(23)11-16(19)22(25,21(26)29)15-6-2-3-7-17(15)24/h2-11H,25H2,1H3,(H,27,28). The molecule has 0 spiro atoms. The molecule has 0 aliphatic carbocycles. The van der Waals surface area contributed by atoms with Gasteiger partial charge in [-0.1, -0.05) is 47.5 Å². The van der Waals surface area contributed by atoms with Gasteiger partial charge in [-0.15, -0.1) is 0 Å². The first-order valence-electron chi connectivity index (χ1n) is 8.78. The van der Waals surface area contributed by atoms with E-state index >= 15 is 0 Å². The summed E-state index contributed by atoms with van der Waals surface area (Å²) < 4.78 is 0. The summed E-state index contributed by atoms with van der Waals surface area (Å²) in [6.45, 7) is 1.66. The summed E-state index contributed by atoms with van der Waals surface area (Å²) >= 11 is 12.6. The van der Waals surface area contributed by atoms with Gasteiger partial charge in [-0.3, -0.25) is 9.69 Å². The second-order valence-corrected chi connectivity index (χ2v) is 7.69. The summed E-state index contributed by atoms with van der Waals surface area (Å²) in [6, 6.07) is 16.7. The van der Waals surface area contributed by atoms with Gasteiger partial charge in [0.1, 0.15) is 0 Å². The second-order valence-electron chi connectivity index (χ2n) is 6.84. The molecule has 0 fully saturated rings. The van der Waals surface area contributed by atoms with Crippen LogP contribution in [0.5, 0.6) is 0 Å². The van der Waals surface area contributed by atoms with Crippen LogP contribution in [0.15, 0.2) is 60.7 Å². The predicted octanol–water partition coefficient (Wildman–Crippen LogP) is 4.88. The van der Waals surface area contributed by atoms with Crippen LogP contribution in [0.25, 0.3) is 0 Å². The topological polar surface area (TPSA) is 83.6 Å². The van der Waals surface area contributed by atoms with Crippen molar-refractivity contribution in [1.29, 1.82) is 0 Å². The number of aromatic carboxylic acids is 1. The molecule has 0 bridgehead atoms. The van der Waals surface area contributed by atoms with E-state index in [-0.39, 0.29) is 5.56 Å². The summed E-state index contributed by atoms with van der Waals surface area (Å²) in [5.74, 6) is -1.51. The number of nitrogens with zero attached hydrogens (tertiary/aromatic N) is 1. The summed E-state index contributed by atoms with van der Waals surface area (Å²) in [4.78, 5) is 26.8. The van der Waals surface area contributed by atoms with Crippen molar-refractivity contribution in [3.05, 3.63) is 93.0 Å². The molecule has 0 saturated carbocycles. The molecule has 0 saturated heterocycles. The highest BCUT2D eigenvalue weighted by atomic mass is 35.5. The number of benzene rings is 3. The van der Waals surface area contributed by atoms with Gasteiger partial charge in [0.2, 0.25) is 0 Å². The number of carbonyl (C=O) groups excluding carboxylic acids is 1. The highest BCUT2D eigenvalue weighted by molar-refractivity contribution is 6.33. The number of hydrogen-bond donors (Lipinski definition) is 2. The van der Waals surface area contributed by atoms with Gasteiger partial charge < -0.3 is 10.8 Å². The van der Waals surface area contributed by atoms with Crippen molar-refractivity contribution in [2.45, 2.75) is 12.5 Å². The Morgan fingerprint density at radius 3 is 2.41 bits per heavy atom. The molecule has 3 aromatic rings. The van der Waals surface area contributed by atoms with Crippen LogP contribution < -0.4 is 10.6 Å². The van der Waals surface area contributed by atoms with Gasteiger partial charge in [0.15, 0.2) is 5.54 Å². The third-order valence-electron chi connectivity index (χ3n) is 5.24. The van der Waals surface area contributed by atoms with E-state index in [1.54, 1.807) is 61.5 Å². The lowest BCUT2D eigenvalue weighted by Crippen LogP contribution is -2.47. The Hall–Kier alpha value is -2.86. The number of amides is 1. The fourth-order valence-electron chi connectivity index (χ4n) is 3.80. The zero-order valence-corrected chi connectivity index (χ0v) is 16.8. The summed E-state index contributed by atoms with van der Waals surface area (Å²) in [5, 5.41) is 10.3. The van der Waals surface area contributed by atoms with Crippen molar-refractivity contribution >= 4 is 46.5 Å². The second kappa shape index (κ2) is 6.88. The van der Waals surface area contributed by atoms with Crippen molar-refractivity contribution < 1.29 is 14.7 Å². The lowest BCUT2D eigenvalue weighted by Gasteiger charge is -2.26. The maximum absolute atomic E-state index is 13.7. The smallest absolute Gasteiger partial charge is 0.336 e. The van der Waals surface area contributed by atoms with Crippen molar-refractivity contribution in [3.63, 3.8) is 0 Å². The van der Waals surface area contributed by atoms with Crippen molar-refractivity contribution in [3.8, 4) is 0 Å². The average Bonchev–Trinajstić information content (AvgIpc) is 2.90. The van der Waals surface area contributed by atoms with Gasteiger partial charge in [-0.2, -0.15) is 0 Å². The number of carboxylic acid groups (broad SMARTS) is 1. The minimum absolute atomic E-state index is 0.109. The Morgan fingerprint density at radius 2 is 1.72 bits per heavy atom. The molecule has 29 heavy (non-hydrogen) atoms. The molecular weight excluding hydrogens is 411 g/mol. The quantitative estimate of drug-likeness (QED) is 0.624. The van der Waals surface area contributed by atoms with Crippen LogP contribution in [0.4, 0.5) is 11.4 Å². The molecule has 1 aliphatic heterocycles. The number of fused-ring (bicyclic) bond motifs is 1. The van der Waals surface area contributed by atoms with Gasteiger partial charge in [-0.05, 0) is 48.9 Å². The molecule has 0 aromatic heterocycles. The van der Waals surface area contributed by atoms with Gasteiger partial charge in [0.05, 0.1) is 16.9 Å². The average molecular weight is 427 g/mol. The van der Waals surface area contributed by atoms with Crippen molar-refractivity contribution in [1.82, 2.24) is 0 Å². The van der Waals surface area contributed by atoms with Crippen LogP contribution in [0.3, 0.4) is 0 Å². The van der Waals surface area contributed by atoms with Gasteiger partial charge >= 0.3 is 5.97 Å². The van der Waals surface area contributed by atoms with Gasteiger partial charge in [0, 0.05) is 21.2 Å². The Morgan fingerprint density at radius 1 is 1.00 bits per heavy atom.